The Morgan fingerprint density at radius 3 is 2.56 bits per heavy atom. The van der Waals surface area contributed by atoms with E-state index in [0.29, 0.717) is 81.1 Å². The average molecular weight is 859 g/mol. The molecule has 4 fully saturated rings. The van der Waals surface area contributed by atoms with Gasteiger partial charge in [0.25, 0.3) is 18.2 Å². The number of hydrogen-bond acceptors (Lipinski definition) is 12. The van der Waals surface area contributed by atoms with Crippen LogP contribution in [0.25, 0.3) is 5.65 Å². The van der Waals surface area contributed by atoms with Gasteiger partial charge in [-0.3, -0.25) is 29.2 Å². The molecule has 1 saturated carbocycles. The minimum absolute atomic E-state index is 0.00874. The lowest BCUT2D eigenvalue weighted by atomic mass is 9.85. The number of morpholine rings is 1. The highest BCUT2D eigenvalue weighted by molar-refractivity contribution is 6.08. The van der Waals surface area contributed by atoms with Crippen LogP contribution >= 0.6 is 0 Å². The van der Waals surface area contributed by atoms with Gasteiger partial charge in [0.2, 0.25) is 11.8 Å². The zero-order valence-corrected chi connectivity index (χ0v) is 34.6. The van der Waals surface area contributed by atoms with E-state index in [9.17, 15) is 28.0 Å². The topological polar surface area (TPSA) is 178 Å². The number of imide groups is 1. The second-order valence-electron chi connectivity index (χ2n) is 16.8. The van der Waals surface area contributed by atoms with Crippen LogP contribution in [0.5, 0.6) is 5.75 Å². The molecular formula is C43H52F2N10O7. The van der Waals surface area contributed by atoms with Crippen molar-refractivity contribution in [3.05, 3.63) is 65.2 Å². The third kappa shape index (κ3) is 9.01. The number of piperidine rings is 2. The monoisotopic (exact) mass is 858 g/mol. The van der Waals surface area contributed by atoms with Crippen molar-refractivity contribution in [2.45, 2.75) is 88.9 Å². The fourth-order valence-electron chi connectivity index (χ4n) is 9.43. The van der Waals surface area contributed by atoms with Gasteiger partial charge in [-0.2, -0.15) is 10.2 Å². The predicted molar refractivity (Wildman–Crippen MR) is 220 cm³/mol. The molecule has 19 heteroatoms. The molecule has 5 aliphatic rings. The highest BCUT2D eigenvalue weighted by Crippen LogP contribution is 2.37. The number of alkyl halides is 2. The average Bonchev–Trinajstić information content (AvgIpc) is 4.00. The van der Waals surface area contributed by atoms with Gasteiger partial charge in [0, 0.05) is 69.1 Å². The molecule has 330 valence electrons. The fourth-order valence-corrected chi connectivity index (χ4v) is 9.43. The molecule has 7 heterocycles. The van der Waals surface area contributed by atoms with Gasteiger partial charge in [-0.05, 0) is 69.1 Å². The molecule has 17 nitrogen and oxygen atoms in total. The SMILES string of the molecule is O=C1CCC(N2Cc3c(OCCCOC4CCN(C[C@H]5CC[C@H](n6cc(NC(=O)c7cnn8ccc(N9CCOCC9)nc78)c(C(F)F)n6)CC5)CC4)cccc3C2=O)C(=O)N1. The van der Waals surface area contributed by atoms with Crippen molar-refractivity contribution in [1.29, 1.82) is 0 Å². The van der Waals surface area contributed by atoms with Crippen LogP contribution in [0.1, 0.15) is 102 Å². The Hall–Kier alpha value is -5.53. The molecule has 4 aromatic rings. The third-order valence-electron chi connectivity index (χ3n) is 12.8. The maximum absolute atomic E-state index is 14.2. The first-order valence-electron chi connectivity index (χ1n) is 21.8. The van der Waals surface area contributed by atoms with Crippen molar-refractivity contribution in [3.8, 4) is 5.75 Å². The highest BCUT2D eigenvalue weighted by atomic mass is 19.3. The summed E-state index contributed by atoms with van der Waals surface area (Å²) < 4.78 is 49.3. The molecule has 9 rings (SSSR count). The van der Waals surface area contributed by atoms with E-state index in [1.165, 1.54) is 21.8 Å². The van der Waals surface area contributed by atoms with Crippen molar-refractivity contribution in [3.63, 3.8) is 0 Å². The number of anilines is 2. The molecule has 62 heavy (non-hydrogen) atoms. The summed E-state index contributed by atoms with van der Waals surface area (Å²) in [6.45, 7) is 6.67. The first-order chi connectivity index (χ1) is 30.2. The number of carbonyl (C=O) groups excluding carboxylic acids is 4. The van der Waals surface area contributed by atoms with E-state index < -0.39 is 30.0 Å². The van der Waals surface area contributed by atoms with Gasteiger partial charge in [-0.15, -0.1) is 0 Å². The van der Waals surface area contributed by atoms with Crippen LogP contribution in [0.4, 0.5) is 20.3 Å². The first kappa shape index (κ1) is 41.8. The number of benzene rings is 1. The van der Waals surface area contributed by atoms with Gasteiger partial charge in [0.05, 0.1) is 57.0 Å². The van der Waals surface area contributed by atoms with E-state index in [-0.39, 0.29) is 48.2 Å². The number of halogens is 2. The largest absolute Gasteiger partial charge is 0.493 e. The summed E-state index contributed by atoms with van der Waals surface area (Å²) >= 11 is 0. The van der Waals surface area contributed by atoms with Crippen molar-refractivity contribution in [2.75, 3.05) is 69.4 Å². The van der Waals surface area contributed by atoms with E-state index in [0.717, 1.165) is 63.7 Å². The van der Waals surface area contributed by atoms with Gasteiger partial charge in [0.15, 0.2) is 11.3 Å². The Morgan fingerprint density at radius 1 is 0.984 bits per heavy atom. The van der Waals surface area contributed by atoms with Crippen molar-refractivity contribution in [2.24, 2.45) is 5.92 Å². The molecule has 0 bridgehead atoms. The highest BCUT2D eigenvalue weighted by Gasteiger charge is 2.40. The summed E-state index contributed by atoms with van der Waals surface area (Å²) in [6, 6.07) is 6.49. The second-order valence-corrected chi connectivity index (χ2v) is 16.8. The minimum atomic E-state index is -2.86. The van der Waals surface area contributed by atoms with E-state index >= 15 is 0 Å². The summed E-state index contributed by atoms with van der Waals surface area (Å²) in [6.07, 6.45) is 8.62. The molecule has 1 aliphatic carbocycles. The van der Waals surface area contributed by atoms with Crippen LogP contribution < -0.4 is 20.3 Å². The van der Waals surface area contributed by atoms with E-state index in [2.05, 4.69) is 35.6 Å². The summed E-state index contributed by atoms with van der Waals surface area (Å²) in [5.41, 5.74) is 1.35. The van der Waals surface area contributed by atoms with Crippen LogP contribution in [-0.4, -0.2) is 129 Å². The van der Waals surface area contributed by atoms with Gasteiger partial charge < -0.3 is 34.2 Å². The molecular weight excluding hydrogens is 807 g/mol. The number of carbonyl (C=O) groups is 4. The lowest BCUT2D eigenvalue weighted by Crippen LogP contribution is -2.52. The maximum Gasteiger partial charge on any atom is 0.284 e. The van der Waals surface area contributed by atoms with Gasteiger partial charge >= 0.3 is 0 Å². The Morgan fingerprint density at radius 2 is 1.79 bits per heavy atom. The number of nitrogens with zero attached hydrogens (tertiary/aromatic N) is 8. The predicted octanol–water partition coefficient (Wildman–Crippen LogP) is 4.39. The number of nitrogens with one attached hydrogen (secondary N) is 2. The molecule has 1 atom stereocenters. The number of amides is 4. The first-order valence-corrected chi connectivity index (χ1v) is 21.8. The van der Waals surface area contributed by atoms with Crippen molar-refractivity contribution in [1.82, 2.24) is 39.5 Å². The van der Waals surface area contributed by atoms with Crippen LogP contribution in [0, 0.1) is 5.92 Å². The van der Waals surface area contributed by atoms with Gasteiger partial charge in [-0.25, -0.2) is 18.3 Å². The zero-order chi connectivity index (χ0) is 42.7. The Kier molecular flexibility index (Phi) is 12.4. The number of likely N-dealkylation sites (tertiary alicyclic amines) is 1. The molecule has 3 aromatic heterocycles. The number of rotatable bonds is 14. The van der Waals surface area contributed by atoms with Crippen LogP contribution in [0.2, 0.25) is 0 Å². The number of ether oxygens (including phenoxy) is 3. The molecule has 4 amide bonds. The van der Waals surface area contributed by atoms with E-state index in [1.54, 1.807) is 23.0 Å². The van der Waals surface area contributed by atoms with Crippen LogP contribution in [-0.2, 0) is 25.6 Å². The van der Waals surface area contributed by atoms with Crippen LogP contribution in [0.3, 0.4) is 0 Å². The smallest absolute Gasteiger partial charge is 0.284 e. The maximum atomic E-state index is 14.2. The molecule has 1 aromatic carbocycles. The summed E-state index contributed by atoms with van der Waals surface area (Å²) in [5, 5.41) is 13.5. The van der Waals surface area contributed by atoms with Crippen molar-refractivity contribution < 1.29 is 42.2 Å². The third-order valence-corrected chi connectivity index (χ3v) is 12.8. The lowest BCUT2D eigenvalue weighted by molar-refractivity contribution is -0.136. The minimum Gasteiger partial charge on any atom is -0.493 e. The molecule has 0 spiro atoms. The van der Waals surface area contributed by atoms with Crippen LogP contribution in [0.15, 0.2) is 42.9 Å². The molecule has 0 radical (unpaired) electrons. The van der Waals surface area contributed by atoms with E-state index in [1.807, 2.05) is 12.1 Å². The molecule has 1 unspecified atom stereocenters. The van der Waals surface area contributed by atoms with Gasteiger partial charge in [0.1, 0.15) is 23.2 Å². The van der Waals surface area contributed by atoms with Gasteiger partial charge in [-0.1, -0.05) is 6.07 Å². The summed E-state index contributed by atoms with van der Waals surface area (Å²) in [5.74, 6) is 0.270. The summed E-state index contributed by atoms with van der Waals surface area (Å²) in [4.78, 5) is 61.4. The quantitative estimate of drug-likeness (QED) is 0.135. The standard InChI is InChI=1S/C43H52F2N10O7/c44-39(45)38-33(47-41(57)31-23-46-54-16-13-36(48-40(31)54)52-17-21-60-22-18-52)26-55(50-38)28-7-5-27(6-8-28)24-51-14-11-29(12-15-51)61-19-2-20-62-35-4-1-3-30-32(35)25-53(43(30)59)34-9-10-37(56)49-42(34)58/h1,3-4,13,16,23,26-29,34,39H,2,5-12,14-15,17-22,24-25H2,(H,47,57)(H,49,56,58)/t27-,28-,34?. The molecule has 2 N–H and O–H groups in total. The zero-order valence-electron chi connectivity index (χ0n) is 34.6. The molecule has 4 aliphatic heterocycles. The Labute approximate surface area is 357 Å². The Balaban J connectivity index is 0.697. The normalized spacial score (nSPS) is 22.7. The molecule has 3 saturated heterocycles. The Bertz CT molecular complexity index is 2280. The summed E-state index contributed by atoms with van der Waals surface area (Å²) in [7, 11) is 0. The number of aromatic nitrogens is 5. The second kappa shape index (κ2) is 18.4. The lowest BCUT2D eigenvalue weighted by Gasteiger charge is -2.36. The fraction of sp³-hybridized carbons (Fsp3) is 0.558. The van der Waals surface area contributed by atoms with Crippen molar-refractivity contribution >= 4 is 40.8 Å². The number of fused-ring (bicyclic) bond motifs is 2. The van der Waals surface area contributed by atoms with E-state index in [4.69, 9.17) is 14.2 Å². The number of hydrogen-bond donors (Lipinski definition) is 2.